The zero-order valence-corrected chi connectivity index (χ0v) is 6.27. The maximum Gasteiger partial charge on any atom is 1.00 e. The fraction of sp³-hybridized carbons (Fsp3) is 0. The number of hydrogen-bond donors (Lipinski definition) is 0. The van der Waals surface area contributed by atoms with E-state index in [0.717, 1.165) is 0 Å². The van der Waals surface area contributed by atoms with Crippen molar-refractivity contribution >= 4 is 29.0 Å². The van der Waals surface area contributed by atoms with E-state index in [4.69, 9.17) is 22.9 Å². The summed E-state index contributed by atoms with van der Waals surface area (Å²) in [5.41, 5.74) is 0. The van der Waals surface area contributed by atoms with E-state index in [2.05, 4.69) is 0 Å². The molecule has 0 N–H and O–H groups in total. The molecule has 0 aliphatic heterocycles. The molecule has 20 valence electrons. The van der Waals surface area contributed by atoms with Gasteiger partial charge in [0.2, 0.25) is 0 Å². The second-order valence-electron chi connectivity index (χ2n) is 0.143. The molecule has 0 aromatic heterocycles. The third-order valence-corrected chi connectivity index (χ3v) is 0. The van der Waals surface area contributed by atoms with E-state index in [1.807, 2.05) is 0 Å². The molecule has 0 aromatic rings. The summed E-state index contributed by atoms with van der Waals surface area (Å²) in [5.74, 6) is 0. The molecule has 0 atom stereocenters. The third-order valence-electron chi connectivity index (χ3n) is 0. The summed E-state index contributed by atoms with van der Waals surface area (Å²) in [5, 5.41) is 0. The molecular weight excluding hydrogens is 105 g/mol. The maximum absolute atomic E-state index is 4.89. The monoisotopic (exact) mass is 106 g/mol. The topological polar surface area (TPSA) is 0 Å². The van der Waals surface area contributed by atoms with Crippen LogP contribution in [-0.2, 0) is 0 Å². The smallest absolute Gasteiger partial charge is 0.377 e. The van der Waals surface area contributed by atoms with Crippen molar-refractivity contribution in [2.45, 2.75) is 0 Å². The van der Waals surface area contributed by atoms with E-state index in [9.17, 15) is 0 Å². The van der Waals surface area contributed by atoms with Gasteiger partial charge in [-0.15, -0.1) is 0 Å². The molecule has 0 aliphatic rings. The Bertz CT molecular complexity index is 6.00. The van der Waals surface area contributed by atoms with Gasteiger partial charge in [0.05, 0.1) is 0 Å². The summed E-state index contributed by atoms with van der Waals surface area (Å²) in [6.45, 7) is 0. The van der Waals surface area contributed by atoms with Crippen molar-refractivity contribution in [3.05, 3.63) is 0 Å². The molecule has 0 aromatic carbocycles. The summed E-state index contributed by atoms with van der Waals surface area (Å²) >= 11 is 9.78. The second kappa shape index (κ2) is 8.82. The fourth-order valence-electron chi connectivity index (χ4n) is 0. The molecule has 0 amide bonds. The van der Waals surface area contributed by atoms with Crippen LogP contribution in [0.4, 0.5) is 0 Å². The molecule has 0 rings (SSSR count). The van der Waals surface area contributed by atoms with Crippen LogP contribution in [0.3, 0.4) is 0 Å². The van der Waals surface area contributed by atoms with E-state index in [1.165, 1.54) is 0 Å². The minimum atomic E-state index is -0.556. The average molecular weight is 107 g/mol. The first kappa shape index (κ1) is 9.17. The van der Waals surface area contributed by atoms with Gasteiger partial charge in [-0.2, -0.15) is 0 Å². The second-order valence-corrected chi connectivity index (χ2v) is 1.29. The number of hydrogen-bond acceptors (Lipinski definition) is 0. The Kier molecular flexibility index (Phi) is 20.2. The van der Waals surface area contributed by atoms with Crippen LogP contribution < -0.4 is 29.6 Å². The van der Waals surface area contributed by atoms with Gasteiger partial charge in [-0.3, -0.25) is 0 Å². The SMILES string of the molecule is Cl[BH2-]Cl.[Na+]. The minimum absolute atomic E-state index is 0. The number of rotatable bonds is 0. The summed E-state index contributed by atoms with van der Waals surface area (Å²) in [7, 11) is 0. The molecule has 0 nitrogen and oxygen atoms in total. The Morgan fingerprint density at radius 1 is 1.25 bits per heavy atom. The zero-order valence-electron chi connectivity index (χ0n) is 2.76. The van der Waals surface area contributed by atoms with Crippen LogP contribution in [0.25, 0.3) is 0 Å². The van der Waals surface area contributed by atoms with E-state index >= 15 is 0 Å². The summed E-state index contributed by atoms with van der Waals surface area (Å²) in [4.78, 5) is 0. The van der Waals surface area contributed by atoms with E-state index in [0.29, 0.717) is 0 Å². The van der Waals surface area contributed by atoms with Crippen LogP contribution in [0.1, 0.15) is 0 Å². The maximum atomic E-state index is 4.89. The van der Waals surface area contributed by atoms with Gasteiger partial charge < -0.3 is 22.9 Å². The van der Waals surface area contributed by atoms with Crippen LogP contribution in [0.15, 0.2) is 0 Å². The summed E-state index contributed by atoms with van der Waals surface area (Å²) < 4.78 is 0. The molecule has 4 heteroatoms. The van der Waals surface area contributed by atoms with Gasteiger partial charge in [-0.25, -0.2) is 0 Å². The third kappa shape index (κ3) is 9.42. The van der Waals surface area contributed by atoms with Gasteiger partial charge in [0.1, 0.15) is 6.11 Å². The van der Waals surface area contributed by atoms with Gasteiger partial charge >= 0.3 is 29.6 Å². The molecule has 0 bridgehead atoms. The predicted octanol–water partition coefficient (Wildman–Crippen LogP) is -2.53. The summed E-state index contributed by atoms with van der Waals surface area (Å²) in [6, 6.07) is 0. The van der Waals surface area contributed by atoms with Gasteiger partial charge in [0, 0.05) is 0 Å². The van der Waals surface area contributed by atoms with Crippen LogP contribution in [0.2, 0.25) is 0 Å². The van der Waals surface area contributed by atoms with Gasteiger partial charge in [0.25, 0.3) is 0 Å². The molecule has 0 saturated heterocycles. The van der Waals surface area contributed by atoms with Gasteiger partial charge in [-0.1, -0.05) is 0 Å². The average Bonchev–Trinajstić information content (AvgIpc) is 0.918. The van der Waals surface area contributed by atoms with Crippen molar-refractivity contribution in [1.29, 1.82) is 0 Å². The molecule has 0 fully saturated rings. The molecule has 0 spiro atoms. The molecule has 0 heterocycles. The van der Waals surface area contributed by atoms with Crippen LogP contribution >= 0.6 is 22.9 Å². The molecule has 4 heavy (non-hydrogen) atoms. The van der Waals surface area contributed by atoms with E-state index in [1.54, 1.807) is 0 Å². The Labute approximate surface area is 58.2 Å². The Balaban J connectivity index is 0. The standard InChI is InChI=1S/BCl2H2.Na/c2-1-3;/h1H2;/q-1;+1. The van der Waals surface area contributed by atoms with E-state index < -0.39 is 6.11 Å². The minimum Gasteiger partial charge on any atom is -0.377 e. The molecule has 0 unspecified atom stereocenters. The predicted molar refractivity (Wildman–Crippen MR) is 20.2 cm³/mol. The van der Waals surface area contributed by atoms with Gasteiger partial charge in [0.15, 0.2) is 0 Å². The van der Waals surface area contributed by atoms with Crippen LogP contribution in [-0.4, -0.2) is 6.11 Å². The first-order valence-corrected chi connectivity index (χ1v) is 2.27. The van der Waals surface area contributed by atoms with Crippen molar-refractivity contribution in [2.24, 2.45) is 0 Å². The Hall–Kier alpha value is 1.64. The van der Waals surface area contributed by atoms with Crippen LogP contribution in [0, 0.1) is 0 Å². The van der Waals surface area contributed by atoms with Crippen molar-refractivity contribution in [3.8, 4) is 0 Å². The zero-order chi connectivity index (χ0) is 2.71. The normalized spacial score (nSPS) is 4.50. The van der Waals surface area contributed by atoms with Crippen LogP contribution in [0.5, 0.6) is 0 Å². The van der Waals surface area contributed by atoms with Crippen molar-refractivity contribution in [3.63, 3.8) is 0 Å². The van der Waals surface area contributed by atoms with Crippen molar-refractivity contribution < 1.29 is 29.6 Å². The quantitative estimate of drug-likeness (QED) is 0.299. The van der Waals surface area contributed by atoms with Crippen molar-refractivity contribution in [2.75, 3.05) is 0 Å². The van der Waals surface area contributed by atoms with E-state index in [-0.39, 0.29) is 29.6 Å². The molecule has 0 radical (unpaired) electrons. The molecule has 0 aliphatic carbocycles. The Morgan fingerprint density at radius 2 is 1.25 bits per heavy atom. The largest absolute Gasteiger partial charge is 1.00 e. The van der Waals surface area contributed by atoms with Gasteiger partial charge in [-0.05, 0) is 0 Å². The van der Waals surface area contributed by atoms with Crippen molar-refractivity contribution in [1.82, 2.24) is 0 Å². The summed E-state index contributed by atoms with van der Waals surface area (Å²) in [6.07, 6.45) is -0.556. The number of halogens is 2. The Morgan fingerprint density at radius 3 is 1.25 bits per heavy atom. The first-order valence-electron chi connectivity index (χ1n) is 0.756. The molecule has 0 saturated carbocycles. The first-order chi connectivity index (χ1) is 1.41. The molecular formula is H2BCl2Na. The fourth-order valence-corrected chi connectivity index (χ4v) is 0.